The van der Waals surface area contributed by atoms with Crippen LogP contribution < -0.4 is 75.3 Å². The van der Waals surface area contributed by atoms with Gasteiger partial charge in [0.25, 0.3) is 0 Å². The highest BCUT2D eigenvalue weighted by molar-refractivity contribution is 7.80. The van der Waals surface area contributed by atoms with E-state index < -0.39 is 243 Å². The summed E-state index contributed by atoms with van der Waals surface area (Å²) >= 11 is 4.07. The first-order valence-corrected chi connectivity index (χ1v) is 32.1. The number of nitrogens with one attached hydrogen (secondary N) is 14. The van der Waals surface area contributed by atoms with Crippen LogP contribution in [0.25, 0.3) is 21.8 Å². The molecule has 0 saturated heterocycles. The van der Waals surface area contributed by atoms with Crippen LogP contribution in [0.5, 0.6) is 0 Å². The van der Waals surface area contributed by atoms with E-state index in [0.717, 1.165) is 6.92 Å². The Balaban J connectivity index is 1.57. The lowest BCUT2D eigenvalue weighted by Gasteiger charge is -2.27. The van der Waals surface area contributed by atoms with Gasteiger partial charge in [0.15, 0.2) is 0 Å². The second kappa shape index (κ2) is 40.4. The number of aromatic nitrogens is 2. The van der Waals surface area contributed by atoms with Gasteiger partial charge in [0.1, 0.15) is 60.4 Å². The summed E-state index contributed by atoms with van der Waals surface area (Å²) < 4.78 is 0. The van der Waals surface area contributed by atoms with Crippen LogP contribution >= 0.6 is 12.6 Å². The van der Waals surface area contributed by atoms with E-state index in [1.54, 1.807) is 62.4 Å². The molecule has 554 valence electrons. The van der Waals surface area contributed by atoms with E-state index in [1.807, 2.05) is 5.32 Å². The lowest BCUT2D eigenvalue weighted by molar-refractivity contribution is -0.142. The SMILES string of the molecule is CC[C@H](C)[C@H](NC(=O)[C@H](CC(N)=O)NC(=O)[C@H](CC(=O)O)NC(=O)[C@H](CO)NC(=O)[C@H](CS)NC(=O)[C@H](CCC(=O)O)NC(=O)CNC(=O)[C@H](Cc1c[nH]c2ccccc12)NC(=O)[C@H](CCC(=O)O)NC(=O)[C@H](Cc1c[nH]c2ccccc12)NC(=O)[C@H](CC(=O)O)NC(=O)CNC(C)=O)C(N)=O. The number of H-pyrrole nitrogens is 2. The number of hydrogen-bond donors (Lipinski definition) is 22. The summed E-state index contributed by atoms with van der Waals surface area (Å²) in [5.74, 6) is -23.5. The first-order chi connectivity index (χ1) is 48.1. The number of aromatic amines is 2. The summed E-state index contributed by atoms with van der Waals surface area (Å²) in [6, 6.07) is -4.65. The fourth-order valence-corrected chi connectivity index (χ4v) is 10.2. The summed E-state index contributed by atoms with van der Waals surface area (Å²) in [6.45, 7) is 1.37. The third-order valence-electron chi connectivity index (χ3n) is 15.5. The van der Waals surface area contributed by atoms with E-state index in [9.17, 15) is 112 Å². The molecule has 39 nitrogen and oxygen atoms in total. The van der Waals surface area contributed by atoms with Crippen LogP contribution in [-0.4, -0.2) is 228 Å². The molecule has 0 aliphatic rings. The highest BCUT2D eigenvalue weighted by Crippen LogP contribution is 2.22. The Morgan fingerprint density at radius 2 is 0.814 bits per heavy atom. The Labute approximate surface area is 584 Å². The van der Waals surface area contributed by atoms with Crippen molar-refractivity contribution in [3.63, 3.8) is 0 Å². The predicted octanol–water partition coefficient (Wildman–Crippen LogP) is -6.46. The van der Waals surface area contributed by atoms with Crippen molar-refractivity contribution in [1.29, 1.82) is 0 Å². The maximum Gasteiger partial charge on any atom is 0.305 e. The molecule has 0 saturated carbocycles. The second-order valence-corrected chi connectivity index (χ2v) is 23.7. The number of nitrogens with two attached hydrogens (primary N) is 2. The number of fused-ring (bicyclic) bond motifs is 2. The zero-order chi connectivity index (χ0) is 76.1. The molecular formula is C62H82N16O23S. The van der Waals surface area contributed by atoms with E-state index in [4.69, 9.17) is 11.5 Å². The Hall–Kier alpha value is -11.7. The number of benzene rings is 2. The number of carboxylic acids is 4. The monoisotopic (exact) mass is 1450 g/mol. The molecule has 14 amide bonds. The molecule has 23 N–H and O–H groups in total. The number of aliphatic hydroxyl groups is 1. The molecular weight excluding hydrogens is 1370 g/mol. The van der Waals surface area contributed by atoms with Crippen LogP contribution in [0, 0.1) is 5.92 Å². The van der Waals surface area contributed by atoms with Crippen molar-refractivity contribution >= 4 is 141 Å². The Morgan fingerprint density at radius 1 is 0.451 bits per heavy atom. The molecule has 0 fully saturated rings. The van der Waals surface area contributed by atoms with E-state index in [0.29, 0.717) is 39.4 Å². The maximum absolute atomic E-state index is 14.5. The van der Waals surface area contributed by atoms with Crippen molar-refractivity contribution in [2.24, 2.45) is 17.4 Å². The molecule has 11 atom stereocenters. The fourth-order valence-electron chi connectivity index (χ4n) is 9.97. The molecule has 0 aliphatic carbocycles. The first-order valence-electron chi connectivity index (χ1n) is 31.5. The zero-order valence-corrected chi connectivity index (χ0v) is 56.1. The van der Waals surface area contributed by atoms with Gasteiger partial charge in [0.2, 0.25) is 82.7 Å². The van der Waals surface area contributed by atoms with Gasteiger partial charge in [-0.05, 0) is 42.0 Å². The number of aliphatic hydroxyl groups excluding tert-OH is 1. The van der Waals surface area contributed by atoms with Gasteiger partial charge in [-0.25, -0.2) is 0 Å². The standard InChI is InChI=1S/C62H82N16O23S/c1-4-28(2)52(53(64)92)78-60(99)40(19-45(63)81)74-59(98)42(21-51(90)91)75-61(100)43(26-79)76-62(101)44(27-102)77-55(94)36(13-15-48(84)85)69-47(83)25-68-54(93)38(17-30-22-66-34-11-7-5-9-32(30)34)72-56(95)37(14-16-49(86)87)71-57(96)39(18-31-23-67-35-12-8-6-10-33(31)35)73-58(97)41(20-50(88)89)70-46(82)24-65-29(3)80/h5-12,22-23,28,36-44,52,66-67,79,102H,4,13-21,24-27H2,1-3H3,(H2,63,81)(H2,64,92)(H,65,80)(H,68,93)(H,69,83)(H,70,82)(H,71,96)(H,72,95)(H,73,97)(H,74,98)(H,75,100)(H,76,101)(H,77,94)(H,78,99)(H,84,85)(H,86,87)(H,88,89)(H,90,91)/t28-,36-,37-,38-,39-,40-,41-,42-,43-,44-,52-/m0/s1. The molecule has 4 aromatic rings. The third-order valence-corrected chi connectivity index (χ3v) is 15.9. The number of para-hydroxylation sites is 2. The molecule has 0 spiro atoms. The molecule has 2 aromatic heterocycles. The summed E-state index contributed by atoms with van der Waals surface area (Å²) in [7, 11) is 0. The number of rotatable bonds is 44. The number of amides is 14. The van der Waals surface area contributed by atoms with Crippen LogP contribution in [0.15, 0.2) is 60.9 Å². The van der Waals surface area contributed by atoms with Gasteiger partial charge in [0, 0.05) is 72.6 Å². The first kappa shape index (κ1) is 82.7. The number of carbonyl (C=O) groups is 18. The lowest BCUT2D eigenvalue weighted by atomic mass is 9.98. The van der Waals surface area contributed by atoms with E-state index in [-0.39, 0.29) is 12.8 Å². The molecule has 0 bridgehead atoms. The maximum atomic E-state index is 14.5. The highest BCUT2D eigenvalue weighted by Gasteiger charge is 2.37. The van der Waals surface area contributed by atoms with Crippen molar-refractivity contribution in [2.75, 3.05) is 25.4 Å². The largest absolute Gasteiger partial charge is 0.481 e. The predicted molar refractivity (Wildman–Crippen MR) is 357 cm³/mol. The molecule has 0 aliphatic heterocycles. The van der Waals surface area contributed by atoms with Gasteiger partial charge in [-0.15, -0.1) is 0 Å². The van der Waals surface area contributed by atoms with Crippen LogP contribution in [0.4, 0.5) is 0 Å². The summed E-state index contributed by atoms with van der Waals surface area (Å²) in [5.41, 5.74) is 12.6. The van der Waals surface area contributed by atoms with Crippen molar-refractivity contribution in [1.82, 2.24) is 73.8 Å². The summed E-state index contributed by atoms with van der Waals surface area (Å²) in [6.07, 6.45) is -3.49. The molecule has 102 heavy (non-hydrogen) atoms. The van der Waals surface area contributed by atoms with Crippen LogP contribution in [0.2, 0.25) is 0 Å². The number of aliphatic carboxylic acids is 4. The average Bonchev–Trinajstić information content (AvgIpc) is 1.64. The molecule has 40 heteroatoms. The topological polar surface area (TPSA) is 636 Å². The minimum atomic E-state index is -2.10. The van der Waals surface area contributed by atoms with Gasteiger partial charge < -0.3 is 111 Å². The fraction of sp³-hybridized carbons (Fsp3) is 0.452. The summed E-state index contributed by atoms with van der Waals surface area (Å²) in [5, 5.41) is 76.8. The Bertz CT molecular complexity index is 3790. The number of hydrogen-bond acceptors (Lipinski definition) is 20. The molecule has 4 rings (SSSR count). The van der Waals surface area contributed by atoms with E-state index in [2.05, 4.69) is 81.1 Å². The van der Waals surface area contributed by atoms with Gasteiger partial charge in [-0.2, -0.15) is 12.6 Å². The third kappa shape index (κ3) is 26.8. The number of primary amides is 2. The van der Waals surface area contributed by atoms with Gasteiger partial charge in [-0.3, -0.25) is 86.3 Å². The van der Waals surface area contributed by atoms with Crippen LogP contribution in [0.3, 0.4) is 0 Å². The van der Waals surface area contributed by atoms with Gasteiger partial charge >= 0.3 is 23.9 Å². The quantitative estimate of drug-likeness (QED) is 0.0183. The number of thiol groups is 1. The van der Waals surface area contributed by atoms with E-state index in [1.165, 1.54) is 12.4 Å². The van der Waals surface area contributed by atoms with Crippen molar-refractivity contribution < 1.29 is 112 Å². The molecule has 2 heterocycles. The average molecular weight is 1450 g/mol. The van der Waals surface area contributed by atoms with Gasteiger partial charge in [0.05, 0.1) is 39.0 Å². The minimum Gasteiger partial charge on any atom is -0.481 e. The summed E-state index contributed by atoms with van der Waals surface area (Å²) in [4.78, 5) is 241. The van der Waals surface area contributed by atoms with Crippen LogP contribution in [0.1, 0.15) is 83.3 Å². The molecule has 0 radical (unpaired) electrons. The number of carbonyl (C=O) groups excluding carboxylic acids is 14. The zero-order valence-electron chi connectivity index (χ0n) is 55.2. The molecule has 2 aromatic carbocycles. The van der Waals surface area contributed by atoms with Gasteiger partial charge in [-0.1, -0.05) is 56.7 Å². The minimum absolute atomic E-state index is 0.334. The smallest absolute Gasteiger partial charge is 0.305 e. The highest BCUT2D eigenvalue weighted by atomic mass is 32.1. The second-order valence-electron chi connectivity index (χ2n) is 23.3. The molecule has 0 unspecified atom stereocenters. The van der Waals surface area contributed by atoms with Crippen molar-refractivity contribution in [3.05, 3.63) is 72.1 Å². The van der Waals surface area contributed by atoms with Crippen LogP contribution in [-0.2, 0) is 99.1 Å². The van der Waals surface area contributed by atoms with Crippen molar-refractivity contribution in [2.45, 2.75) is 145 Å². The van der Waals surface area contributed by atoms with E-state index >= 15 is 0 Å². The Kier molecular flexibility index (Phi) is 32.7. The normalized spacial score (nSPS) is 14.2. The Morgan fingerprint density at radius 3 is 1.25 bits per heavy atom. The lowest BCUT2D eigenvalue weighted by Crippen LogP contribution is -2.61. The van der Waals surface area contributed by atoms with Crippen molar-refractivity contribution in [3.8, 4) is 0 Å². The number of carboxylic acid groups (broad SMARTS) is 4.